The van der Waals surface area contributed by atoms with E-state index in [0.29, 0.717) is 5.92 Å². The summed E-state index contributed by atoms with van der Waals surface area (Å²) in [5.41, 5.74) is 2.74. The number of nitrogens with zero attached hydrogens (tertiary/aromatic N) is 2. The Hall–Kier alpha value is -1.59. The number of likely N-dealkylation sites (N-methyl/N-ethyl adjacent to an activating group) is 1. The summed E-state index contributed by atoms with van der Waals surface area (Å²) in [5.74, 6) is 0.472. The Balaban J connectivity index is 1.33. The van der Waals surface area contributed by atoms with Crippen LogP contribution in [0.5, 0.6) is 0 Å². The molecule has 1 aliphatic carbocycles. The highest BCUT2D eigenvalue weighted by Crippen LogP contribution is 2.21. The van der Waals surface area contributed by atoms with E-state index in [1.807, 2.05) is 0 Å². The lowest BCUT2D eigenvalue weighted by Gasteiger charge is -2.35. The number of hydrogen-bond acceptors (Lipinski definition) is 3. The van der Waals surface area contributed by atoms with Crippen LogP contribution in [0.1, 0.15) is 25.0 Å². The molecule has 3 rings (SSSR count). The molecule has 0 bridgehead atoms. The number of nitrogens with one attached hydrogen (secondary N) is 2. The van der Waals surface area contributed by atoms with Crippen molar-refractivity contribution in [3.05, 3.63) is 35.4 Å². The summed E-state index contributed by atoms with van der Waals surface area (Å²) in [6.07, 6.45) is 1.89. The van der Waals surface area contributed by atoms with Gasteiger partial charge in [-0.2, -0.15) is 0 Å². The largest absolute Gasteiger partial charge is 0.338 e. The lowest BCUT2D eigenvalue weighted by molar-refractivity contribution is 0.124. The second kappa shape index (κ2) is 8.68. The highest BCUT2D eigenvalue weighted by molar-refractivity contribution is 5.74. The SMILES string of the molecule is CCN1CCN(C[C@@H](C)CNC(=O)NC2Cc3ccccc3C2)CC1. The number of hydrogen-bond donors (Lipinski definition) is 2. The van der Waals surface area contributed by atoms with E-state index in [1.54, 1.807) is 0 Å². The van der Waals surface area contributed by atoms with Crippen molar-refractivity contribution in [1.29, 1.82) is 0 Å². The van der Waals surface area contributed by atoms with Gasteiger partial charge in [-0.15, -0.1) is 0 Å². The van der Waals surface area contributed by atoms with Crippen molar-refractivity contribution in [2.75, 3.05) is 45.8 Å². The highest BCUT2D eigenvalue weighted by Gasteiger charge is 2.22. The van der Waals surface area contributed by atoms with Crippen molar-refractivity contribution < 1.29 is 4.79 Å². The molecule has 5 heteroatoms. The summed E-state index contributed by atoms with van der Waals surface area (Å²) >= 11 is 0. The fourth-order valence-electron chi connectivity index (χ4n) is 3.96. The van der Waals surface area contributed by atoms with E-state index in [1.165, 1.54) is 24.2 Å². The minimum absolute atomic E-state index is 0.0274. The Bertz CT molecular complexity index is 544. The number of urea groups is 1. The van der Waals surface area contributed by atoms with E-state index in [2.05, 4.69) is 58.5 Å². The Labute approximate surface area is 151 Å². The van der Waals surface area contributed by atoms with Crippen LogP contribution >= 0.6 is 0 Å². The van der Waals surface area contributed by atoms with Gasteiger partial charge in [0.1, 0.15) is 0 Å². The fourth-order valence-corrected chi connectivity index (χ4v) is 3.96. The number of carbonyl (C=O) groups is 1. The zero-order chi connectivity index (χ0) is 17.6. The number of piperazine rings is 1. The van der Waals surface area contributed by atoms with Crippen molar-refractivity contribution in [3.63, 3.8) is 0 Å². The molecule has 0 spiro atoms. The third-order valence-corrected chi connectivity index (χ3v) is 5.48. The molecule has 2 amide bonds. The van der Waals surface area contributed by atoms with Crippen LogP contribution in [0.25, 0.3) is 0 Å². The van der Waals surface area contributed by atoms with Crippen LogP contribution in [0.3, 0.4) is 0 Å². The standard InChI is InChI=1S/C20H32N4O/c1-3-23-8-10-24(11-9-23)15-16(2)14-21-20(25)22-19-12-17-6-4-5-7-18(17)13-19/h4-7,16,19H,3,8-15H2,1-2H3,(H2,21,22,25)/t16-/m0/s1. The van der Waals surface area contributed by atoms with Crippen molar-refractivity contribution in [2.24, 2.45) is 5.92 Å². The van der Waals surface area contributed by atoms with Crippen LogP contribution in [0, 0.1) is 5.92 Å². The molecular weight excluding hydrogens is 312 g/mol. The molecule has 2 aliphatic rings. The first-order valence-corrected chi connectivity index (χ1v) is 9.70. The summed E-state index contributed by atoms with van der Waals surface area (Å²) in [6.45, 7) is 12.0. The molecule has 5 nitrogen and oxygen atoms in total. The molecule has 138 valence electrons. The molecule has 0 aromatic heterocycles. The average Bonchev–Trinajstić information content (AvgIpc) is 3.03. The predicted molar refractivity (Wildman–Crippen MR) is 102 cm³/mol. The summed E-state index contributed by atoms with van der Waals surface area (Å²) in [5, 5.41) is 6.19. The maximum absolute atomic E-state index is 12.2. The molecule has 1 aliphatic heterocycles. The number of fused-ring (bicyclic) bond motifs is 1. The molecule has 1 aromatic carbocycles. The van der Waals surface area contributed by atoms with Gasteiger partial charge in [0.25, 0.3) is 0 Å². The minimum Gasteiger partial charge on any atom is -0.338 e. The van der Waals surface area contributed by atoms with E-state index in [0.717, 1.165) is 45.6 Å². The van der Waals surface area contributed by atoms with Crippen molar-refractivity contribution >= 4 is 6.03 Å². The number of amides is 2. The quantitative estimate of drug-likeness (QED) is 0.826. The fraction of sp³-hybridized carbons (Fsp3) is 0.650. The second-order valence-corrected chi connectivity index (χ2v) is 7.57. The van der Waals surface area contributed by atoms with Gasteiger partial charge in [-0.3, -0.25) is 0 Å². The van der Waals surface area contributed by atoms with Gasteiger partial charge in [-0.25, -0.2) is 4.79 Å². The third-order valence-electron chi connectivity index (χ3n) is 5.48. The normalized spacial score (nSPS) is 20.2. The smallest absolute Gasteiger partial charge is 0.315 e. The maximum atomic E-state index is 12.2. The zero-order valence-electron chi connectivity index (χ0n) is 15.6. The van der Waals surface area contributed by atoms with E-state index in [-0.39, 0.29) is 12.1 Å². The molecule has 1 saturated heterocycles. The van der Waals surface area contributed by atoms with Crippen LogP contribution in [-0.4, -0.2) is 67.7 Å². The van der Waals surface area contributed by atoms with Gasteiger partial charge in [0, 0.05) is 45.3 Å². The minimum atomic E-state index is -0.0274. The first-order chi connectivity index (χ1) is 12.1. The van der Waals surface area contributed by atoms with Crippen LogP contribution in [-0.2, 0) is 12.8 Å². The molecule has 1 fully saturated rings. The first-order valence-electron chi connectivity index (χ1n) is 9.70. The lowest BCUT2D eigenvalue weighted by Crippen LogP contribution is -2.49. The molecule has 25 heavy (non-hydrogen) atoms. The Morgan fingerprint density at radius 3 is 2.32 bits per heavy atom. The molecule has 1 atom stereocenters. The summed E-state index contributed by atoms with van der Waals surface area (Å²) in [7, 11) is 0. The van der Waals surface area contributed by atoms with Crippen LogP contribution < -0.4 is 10.6 Å². The van der Waals surface area contributed by atoms with Gasteiger partial charge < -0.3 is 20.4 Å². The molecule has 2 N–H and O–H groups in total. The van der Waals surface area contributed by atoms with E-state index >= 15 is 0 Å². The first kappa shape index (κ1) is 18.2. The van der Waals surface area contributed by atoms with Crippen molar-refractivity contribution in [2.45, 2.75) is 32.7 Å². The third kappa shape index (κ3) is 5.19. The Kier molecular flexibility index (Phi) is 6.32. The highest BCUT2D eigenvalue weighted by atomic mass is 16.2. The summed E-state index contributed by atoms with van der Waals surface area (Å²) in [4.78, 5) is 17.2. The van der Waals surface area contributed by atoms with E-state index < -0.39 is 0 Å². The van der Waals surface area contributed by atoms with Gasteiger partial charge in [-0.05, 0) is 36.4 Å². The Morgan fingerprint density at radius 1 is 1.12 bits per heavy atom. The van der Waals surface area contributed by atoms with E-state index in [9.17, 15) is 4.79 Å². The topological polar surface area (TPSA) is 47.6 Å². The number of rotatable bonds is 6. The second-order valence-electron chi connectivity index (χ2n) is 7.57. The zero-order valence-corrected chi connectivity index (χ0v) is 15.6. The predicted octanol–water partition coefficient (Wildman–Crippen LogP) is 1.73. The lowest BCUT2D eigenvalue weighted by atomic mass is 10.1. The van der Waals surface area contributed by atoms with E-state index in [4.69, 9.17) is 0 Å². The van der Waals surface area contributed by atoms with Crippen molar-refractivity contribution in [1.82, 2.24) is 20.4 Å². The van der Waals surface area contributed by atoms with Gasteiger partial charge in [0.15, 0.2) is 0 Å². The van der Waals surface area contributed by atoms with Gasteiger partial charge in [0.2, 0.25) is 0 Å². The van der Waals surface area contributed by atoms with Gasteiger partial charge in [-0.1, -0.05) is 38.1 Å². The van der Waals surface area contributed by atoms with Crippen molar-refractivity contribution in [3.8, 4) is 0 Å². The maximum Gasteiger partial charge on any atom is 0.315 e. The van der Waals surface area contributed by atoms with Crippen LogP contribution in [0.2, 0.25) is 0 Å². The molecule has 1 aromatic rings. The Morgan fingerprint density at radius 2 is 1.72 bits per heavy atom. The molecule has 0 radical (unpaired) electrons. The summed E-state index contributed by atoms with van der Waals surface area (Å²) in [6, 6.07) is 8.67. The van der Waals surface area contributed by atoms with Gasteiger partial charge >= 0.3 is 6.03 Å². The number of carbonyl (C=O) groups excluding carboxylic acids is 1. The molecule has 1 heterocycles. The number of benzene rings is 1. The molecule has 0 saturated carbocycles. The van der Waals surface area contributed by atoms with Crippen LogP contribution in [0.4, 0.5) is 4.79 Å². The average molecular weight is 345 g/mol. The van der Waals surface area contributed by atoms with Crippen LogP contribution in [0.15, 0.2) is 24.3 Å². The van der Waals surface area contributed by atoms with Gasteiger partial charge in [0.05, 0.1) is 0 Å². The molecular formula is C20H32N4O. The monoisotopic (exact) mass is 344 g/mol. The molecule has 0 unspecified atom stereocenters. The summed E-state index contributed by atoms with van der Waals surface area (Å²) < 4.78 is 0.